The van der Waals surface area contributed by atoms with Crippen LogP contribution in [-0.4, -0.2) is 0 Å². The Morgan fingerprint density at radius 2 is 1.82 bits per heavy atom. The lowest BCUT2D eigenvalue weighted by Crippen LogP contribution is -1.77. The summed E-state index contributed by atoms with van der Waals surface area (Å²) in [4.78, 5) is 0. The molecule has 60 valence electrons. The Morgan fingerprint density at radius 3 is 2.27 bits per heavy atom. The summed E-state index contributed by atoms with van der Waals surface area (Å²) in [6.45, 7) is 3.67. The molecule has 0 aliphatic rings. The molecule has 0 fully saturated rings. The van der Waals surface area contributed by atoms with Crippen molar-refractivity contribution in [3.8, 4) is 0 Å². The lowest BCUT2D eigenvalue weighted by molar-refractivity contribution is 1.27. The van der Waals surface area contributed by atoms with Gasteiger partial charge in [-0.05, 0) is 24.1 Å². The Balaban J connectivity index is 0.000001000. The molecule has 0 bridgehead atoms. The van der Waals surface area contributed by atoms with Gasteiger partial charge < -0.3 is 0 Å². The van der Waals surface area contributed by atoms with Gasteiger partial charge in [0.25, 0.3) is 0 Å². The van der Waals surface area contributed by atoms with Gasteiger partial charge in [-0.3, -0.25) is 0 Å². The van der Waals surface area contributed by atoms with Gasteiger partial charge in [-0.15, -0.1) is 23.6 Å². The molecular formula is C9H10Br2. The maximum atomic E-state index is 3.67. The smallest absolute Gasteiger partial charge is 0.0175 e. The number of rotatable bonds is 2. The zero-order valence-corrected chi connectivity index (χ0v) is 9.39. The van der Waals surface area contributed by atoms with Crippen LogP contribution < -0.4 is 0 Å². The molecule has 0 aromatic heterocycles. The van der Waals surface area contributed by atoms with E-state index in [4.69, 9.17) is 0 Å². The molecule has 0 spiro atoms. The average Bonchev–Trinajstić information content (AvgIpc) is 1.95. The van der Waals surface area contributed by atoms with Crippen molar-refractivity contribution >= 4 is 32.9 Å². The number of hydrogen-bond donors (Lipinski definition) is 0. The van der Waals surface area contributed by atoms with Crippen LogP contribution in [0.15, 0.2) is 41.4 Å². The fourth-order valence-corrected chi connectivity index (χ4v) is 1.05. The molecule has 0 aliphatic carbocycles. The van der Waals surface area contributed by atoms with Crippen molar-refractivity contribution in [1.29, 1.82) is 0 Å². The van der Waals surface area contributed by atoms with Crippen LogP contribution >= 0.6 is 32.9 Å². The van der Waals surface area contributed by atoms with E-state index in [9.17, 15) is 0 Å². The molecule has 1 rings (SSSR count). The first-order valence-electron chi connectivity index (χ1n) is 3.18. The van der Waals surface area contributed by atoms with Gasteiger partial charge in [-0.1, -0.05) is 34.1 Å². The SMILES string of the molecule is Br.C=CCc1ccc(Br)cc1. The lowest BCUT2D eigenvalue weighted by Gasteiger charge is -1.94. The van der Waals surface area contributed by atoms with Crippen molar-refractivity contribution in [3.63, 3.8) is 0 Å². The highest BCUT2D eigenvalue weighted by molar-refractivity contribution is 9.10. The molecule has 0 saturated carbocycles. The second kappa shape index (κ2) is 5.56. The first kappa shape index (κ1) is 10.9. The fraction of sp³-hybridized carbons (Fsp3) is 0.111. The minimum Gasteiger partial charge on any atom is -0.114 e. The zero-order chi connectivity index (χ0) is 7.40. The monoisotopic (exact) mass is 276 g/mol. The summed E-state index contributed by atoms with van der Waals surface area (Å²) < 4.78 is 1.13. The van der Waals surface area contributed by atoms with Crippen molar-refractivity contribution in [2.24, 2.45) is 0 Å². The van der Waals surface area contributed by atoms with E-state index in [1.807, 2.05) is 18.2 Å². The third kappa shape index (κ3) is 3.73. The Bertz CT molecular complexity index is 214. The average molecular weight is 278 g/mol. The Morgan fingerprint density at radius 1 is 1.27 bits per heavy atom. The predicted molar refractivity (Wildman–Crippen MR) is 58.4 cm³/mol. The predicted octanol–water partition coefficient (Wildman–Crippen LogP) is 3.76. The molecule has 0 unspecified atom stereocenters. The number of benzene rings is 1. The highest BCUT2D eigenvalue weighted by Crippen LogP contribution is 2.10. The summed E-state index contributed by atoms with van der Waals surface area (Å²) in [6.07, 6.45) is 2.86. The third-order valence-electron chi connectivity index (χ3n) is 1.29. The maximum absolute atomic E-state index is 3.67. The van der Waals surface area contributed by atoms with E-state index >= 15 is 0 Å². The topological polar surface area (TPSA) is 0 Å². The van der Waals surface area contributed by atoms with E-state index in [-0.39, 0.29) is 17.0 Å². The van der Waals surface area contributed by atoms with Gasteiger partial charge >= 0.3 is 0 Å². The minimum atomic E-state index is 0. The first-order valence-corrected chi connectivity index (χ1v) is 3.97. The third-order valence-corrected chi connectivity index (χ3v) is 1.82. The standard InChI is InChI=1S/C9H9Br.BrH/c1-2-3-8-4-6-9(10)7-5-8;/h2,4-7H,1,3H2;1H. The summed E-state index contributed by atoms with van der Waals surface area (Å²) in [5.74, 6) is 0. The summed E-state index contributed by atoms with van der Waals surface area (Å²) in [6, 6.07) is 8.26. The summed E-state index contributed by atoms with van der Waals surface area (Å²) in [5.41, 5.74) is 1.30. The van der Waals surface area contributed by atoms with Gasteiger partial charge in [-0.2, -0.15) is 0 Å². The molecule has 1 aromatic rings. The molecule has 11 heavy (non-hydrogen) atoms. The quantitative estimate of drug-likeness (QED) is 0.722. The molecule has 0 heterocycles. The van der Waals surface area contributed by atoms with Crippen LogP contribution in [0.2, 0.25) is 0 Å². The van der Waals surface area contributed by atoms with E-state index in [1.54, 1.807) is 0 Å². The van der Waals surface area contributed by atoms with Crippen LogP contribution in [0.3, 0.4) is 0 Å². The lowest BCUT2D eigenvalue weighted by atomic mass is 10.2. The van der Waals surface area contributed by atoms with Crippen molar-refractivity contribution in [2.45, 2.75) is 6.42 Å². The second-order valence-electron chi connectivity index (χ2n) is 2.12. The Labute approximate surface area is 86.2 Å². The van der Waals surface area contributed by atoms with Gasteiger partial charge in [-0.25, -0.2) is 0 Å². The molecule has 1 aromatic carbocycles. The zero-order valence-electron chi connectivity index (χ0n) is 6.09. The normalized spacial score (nSPS) is 8.45. The highest BCUT2D eigenvalue weighted by Gasteiger charge is 1.87. The van der Waals surface area contributed by atoms with Gasteiger partial charge in [0.05, 0.1) is 0 Å². The van der Waals surface area contributed by atoms with Crippen molar-refractivity contribution in [3.05, 3.63) is 47.0 Å². The molecule has 0 atom stereocenters. The summed E-state index contributed by atoms with van der Waals surface area (Å²) in [7, 11) is 0. The number of allylic oxidation sites excluding steroid dienone is 1. The maximum Gasteiger partial charge on any atom is 0.0175 e. The number of hydrogen-bond acceptors (Lipinski definition) is 0. The van der Waals surface area contributed by atoms with E-state index in [2.05, 4.69) is 34.6 Å². The summed E-state index contributed by atoms with van der Waals surface area (Å²) in [5, 5.41) is 0. The summed E-state index contributed by atoms with van der Waals surface area (Å²) >= 11 is 3.37. The van der Waals surface area contributed by atoms with Gasteiger partial charge in [0.15, 0.2) is 0 Å². The molecule has 2 heteroatoms. The Hall–Kier alpha value is -0.0800. The second-order valence-corrected chi connectivity index (χ2v) is 3.03. The van der Waals surface area contributed by atoms with E-state index in [1.165, 1.54) is 5.56 Å². The molecule has 0 nitrogen and oxygen atoms in total. The highest BCUT2D eigenvalue weighted by atomic mass is 79.9. The van der Waals surface area contributed by atoms with Crippen molar-refractivity contribution < 1.29 is 0 Å². The molecule has 0 N–H and O–H groups in total. The van der Waals surface area contributed by atoms with Crippen LogP contribution in [0, 0.1) is 0 Å². The van der Waals surface area contributed by atoms with E-state index in [0.29, 0.717) is 0 Å². The minimum absolute atomic E-state index is 0. The molecular weight excluding hydrogens is 268 g/mol. The number of halogens is 2. The Kier molecular flexibility index (Phi) is 5.51. The van der Waals surface area contributed by atoms with E-state index < -0.39 is 0 Å². The van der Waals surface area contributed by atoms with Crippen LogP contribution in [0.5, 0.6) is 0 Å². The molecule has 0 amide bonds. The van der Waals surface area contributed by atoms with E-state index in [0.717, 1.165) is 10.9 Å². The molecule has 0 saturated heterocycles. The van der Waals surface area contributed by atoms with Crippen LogP contribution in [0.1, 0.15) is 5.56 Å². The van der Waals surface area contributed by atoms with Crippen LogP contribution in [0.4, 0.5) is 0 Å². The largest absolute Gasteiger partial charge is 0.114 e. The molecule has 0 aliphatic heterocycles. The van der Waals surface area contributed by atoms with Gasteiger partial charge in [0.1, 0.15) is 0 Å². The van der Waals surface area contributed by atoms with Crippen LogP contribution in [-0.2, 0) is 6.42 Å². The fourth-order valence-electron chi connectivity index (χ4n) is 0.787. The molecule has 0 radical (unpaired) electrons. The van der Waals surface area contributed by atoms with Crippen molar-refractivity contribution in [2.75, 3.05) is 0 Å². The van der Waals surface area contributed by atoms with Gasteiger partial charge in [0.2, 0.25) is 0 Å². The van der Waals surface area contributed by atoms with Crippen molar-refractivity contribution in [1.82, 2.24) is 0 Å². The van der Waals surface area contributed by atoms with Crippen LogP contribution in [0.25, 0.3) is 0 Å². The first-order chi connectivity index (χ1) is 4.83. The van der Waals surface area contributed by atoms with Gasteiger partial charge in [0, 0.05) is 4.47 Å².